The van der Waals surface area contributed by atoms with Crippen molar-refractivity contribution in [2.45, 2.75) is 12.3 Å². The second kappa shape index (κ2) is 4.25. The van der Waals surface area contributed by atoms with Gasteiger partial charge in [0, 0.05) is 32.6 Å². The van der Waals surface area contributed by atoms with Crippen molar-refractivity contribution < 1.29 is 0 Å². The Bertz CT molecular complexity index is 426. The molecule has 1 aromatic heterocycles. The van der Waals surface area contributed by atoms with Crippen LogP contribution in [0, 0.1) is 0 Å². The van der Waals surface area contributed by atoms with Gasteiger partial charge in [0.05, 0.1) is 5.69 Å². The Morgan fingerprint density at radius 3 is 2.88 bits per heavy atom. The summed E-state index contributed by atoms with van der Waals surface area (Å²) >= 11 is 0. The second-order valence-electron chi connectivity index (χ2n) is 4.64. The molecule has 5 nitrogen and oxygen atoms in total. The Morgan fingerprint density at radius 1 is 1.56 bits per heavy atom. The number of hydrogen-bond donors (Lipinski definition) is 1. The first-order valence-corrected chi connectivity index (χ1v) is 5.53. The molecule has 88 valence electrons. The SMILES string of the molecule is CN1CCC(c2cc(=O)[nH]c(N(C)C)n2)C1. The van der Waals surface area contributed by atoms with E-state index in [1.165, 1.54) is 0 Å². The molecule has 1 atom stereocenters. The summed E-state index contributed by atoms with van der Waals surface area (Å²) in [5.41, 5.74) is 0.847. The largest absolute Gasteiger partial charge is 0.348 e. The minimum absolute atomic E-state index is 0.0664. The number of rotatable bonds is 2. The normalized spacial score (nSPS) is 21.3. The lowest BCUT2D eigenvalue weighted by Gasteiger charge is -2.14. The van der Waals surface area contributed by atoms with Gasteiger partial charge in [0.2, 0.25) is 5.95 Å². The van der Waals surface area contributed by atoms with Crippen molar-refractivity contribution in [3.05, 3.63) is 22.1 Å². The maximum absolute atomic E-state index is 11.5. The number of nitrogens with one attached hydrogen (secondary N) is 1. The molecule has 0 aromatic carbocycles. The average Bonchev–Trinajstić information content (AvgIpc) is 2.64. The van der Waals surface area contributed by atoms with E-state index in [2.05, 4.69) is 21.9 Å². The smallest absolute Gasteiger partial charge is 0.252 e. The zero-order chi connectivity index (χ0) is 11.7. The van der Waals surface area contributed by atoms with Crippen molar-refractivity contribution >= 4 is 5.95 Å². The summed E-state index contributed by atoms with van der Waals surface area (Å²) in [5, 5.41) is 0. The van der Waals surface area contributed by atoms with E-state index in [-0.39, 0.29) is 5.56 Å². The Labute approximate surface area is 95.1 Å². The molecule has 1 aliphatic rings. The maximum Gasteiger partial charge on any atom is 0.252 e. The third-order valence-corrected chi connectivity index (χ3v) is 2.98. The van der Waals surface area contributed by atoms with E-state index in [1.807, 2.05) is 19.0 Å². The van der Waals surface area contributed by atoms with Crippen LogP contribution in [0.3, 0.4) is 0 Å². The van der Waals surface area contributed by atoms with Gasteiger partial charge >= 0.3 is 0 Å². The van der Waals surface area contributed by atoms with E-state index in [0.717, 1.165) is 25.2 Å². The van der Waals surface area contributed by atoms with Crippen molar-refractivity contribution in [1.29, 1.82) is 0 Å². The standard InChI is InChI=1S/C11H18N4O/c1-14(2)11-12-9(6-10(16)13-11)8-4-5-15(3)7-8/h6,8H,4-5,7H2,1-3H3,(H,12,13,16). The molecule has 0 spiro atoms. The molecule has 1 fully saturated rings. The van der Waals surface area contributed by atoms with Crippen LogP contribution in [0.4, 0.5) is 5.95 Å². The molecule has 0 bridgehead atoms. The molecule has 0 aliphatic carbocycles. The van der Waals surface area contributed by atoms with E-state index >= 15 is 0 Å². The predicted molar refractivity (Wildman–Crippen MR) is 64.0 cm³/mol. The highest BCUT2D eigenvalue weighted by Crippen LogP contribution is 2.24. The molecule has 2 rings (SSSR count). The number of likely N-dealkylation sites (tertiary alicyclic amines) is 1. The zero-order valence-electron chi connectivity index (χ0n) is 10.0. The zero-order valence-corrected chi connectivity index (χ0v) is 10.0. The number of aromatic amines is 1. The number of hydrogen-bond acceptors (Lipinski definition) is 4. The van der Waals surface area contributed by atoms with Gasteiger partial charge in [0.25, 0.3) is 5.56 Å². The minimum Gasteiger partial charge on any atom is -0.348 e. The van der Waals surface area contributed by atoms with Crippen LogP contribution in [0.15, 0.2) is 10.9 Å². The third-order valence-electron chi connectivity index (χ3n) is 2.98. The topological polar surface area (TPSA) is 52.2 Å². The Balaban J connectivity index is 2.30. The Hall–Kier alpha value is -1.36. The molecule has 16 heavy (non-hydrogen) atoms. The number of likely N-dealkylation sites (N-methyl/N-ethyl adjacent to an activating group) is 1. The molecular formula is C11H18N4O. The Kier molecular flexibility index (Phi) is 2.96. The van der Waals surface area contributed by atoms with Gasteiger partial charge in [-0.1, -0.05) is 0 Å². The van der Waals surface area contributed by atoms with Crippen LogP contribution in [0.1, 0.15) is 18.0 Å². The fourth-order valence-electron chi connectivity index (χ4n) is 2.06. The van der Waals surface area contributed by atoms with Crippen LogP contribution in [-0.2, 0) is 0 Å². The van der Waals surface area contributed by atoms with Gasteiger partial charge in [-0.15, -0.1) is 0 Å². The van der Waals surface area contributed by atoms with Crippen molar-refractivity contribution in [3.8, 4) is 0 Å². The summed E-state index contributed by atoms with van der Waals surface area (Å²) in [4.78, 5) is 22.8. The van der Waals surface area contributed by atoms with Gasteiger partial charge in [-0.2, -0.15) is 0 Å². The number of nitrogens with zero attached hydrogens (tertiary/aromatic N) is 3. The highest BCUT2D eigenvalue weighted by atomic mass is 16.1. The van der Waals surface area contributed by atoms with E-state index < -0.39 is 0 Å². The lowest BCUT2D eigenvalue weighted by atomic mass is 10.1. The molecule has 2 heterocycles. The molecular weight excluding hydrogens is 204 g/mol. The molecule has 0 saturated carbocycles. The quantitative estimate of drug-likeness (QED) is 0.779. The maximum atomic E-state index is 11.5. The second-order valence-corrected chi connectivity index (χ2v) is 4.64. The highest BCUT2D eigenvalue weighted by Gasteiger charge is 2.23. The van der Waals surface area contributed by atoms with Crippen LogP contribution in [0.2, 0.25) is 0 Å². The molecule has 1 aromatic rings. The average molecular weight is 222 g/mol. The van der Waals surface area contributed by atoms with E-state index in [0.29, 0.717) is 11.9 Å². The Morgan fingerprint density at radius 2 is 2.31 bits per heavy atom. The van der Waals surface area contributed by atoms with Crippen molar-refractivity contribution in [2.75, 3.05) is 39.1 Å². The molecule has 5 heteroatoms. The third kappa shape index (κ3) is 2.24. The fraction of sp³-hybridized carbons (Fsp3) is 0.636. The molecule has 0 radical (unpaired) electrons. The summed E-state index contributed by atoms with van der Waals surface area (Å²) in [6, 6.07) is 1.62. The van der Waals surface area contributed by atoms with Crippen molar-refractivity contribution in [3.63, 3.8) is 0 Å². The lowest BCUT2D eigenvalue weighted by Crippen LogP contribution is -2.21. The predicted octanol–water partition coefficient (Wildman–Crippen LogP) is 0.255. The summed E-state index contributed by atoms with van der Waals surface area (Å²) in [6.45, 7) is 2.07. The molecule has 0 amide bonds. The van der Waals surface area contributed by atoms with Crippen LogP contribution in [-0.4, -0.2) is 49.1 Å². The molecule has 1 unspecified atom stereocenters. The first kappa shape index (κ1) is 11.1. The number of aromatic nitrogens is 2. The van der Waals surface area contributed by atoms with Crippen molar-refractivity contribution in [2.24, 2.45) is 0 Å². The minimum atomic E-state index is -0.0664. The van der Waals surface area contributed by atoms with E-state index in [1.54, 1.807) is 6.07 Å². The van der Waals surface area contributed by atoms with Gasteiger partial charge in [-0.25, -0.2) is 4.98 Å². The summed E-state index contributed by atoms with van der Waals surface area (Å²) < 4.78 is 0. The fourth-order valence-corrected chi connectivity index (χ4v) is 2.06. The molecule has 1 aliphatic heterocycles. The number of anilines is 1. The highest BCUT2D eigenvalue weighted by molar-refractivity contribution is 5.28. The van der Waals surface area contributed by atoms with Gasteiger partial charge < -0.3 is 9.80 Å². The first-order chi connectivity index (χ1) is 7.56. The summed E-state index contributed by atoms with van der Waals surface area (Å²) in [7, 11) is 5.85. The molecule has 1 N–H and O–H groups in total. The van der Waals surface area contributed by atoms with E-state index in [4.69, 9.17) is 0 Å². The van der Waals surface area contributed by atoms with Gasteiger partial charge in [-0.3, -0.25) is 9.78 Å². The van der Waals surface area contributed by atoms with Crippen LogP contribution in [0.5, 0.6) is 0 Å². The van der Waals surface area contributed by atoms with Crippen LogP contribution in [0.25, 0.3) is 0 Å². The summed E-state index contributed by atoms with van der Waals surface area (Å²) in [6.07, 6.45) is 1.08. The van der Waals surface area contributed by atoms with Gasteiger partial charge in [0.1, 0.15) is 0 Å². The lowest BCUT2D eigenvalue weighted by molar-refractivity contribution is 0.410. The number of H-pyrrole nitrogens is 1. The van der Waals surface area contributed by atoms with Crippen molar-refractivity contribution in [1.82, 2.24) is 14.9 Å². The van der Waals surface area contributed by atoms with Crippen LogP contribution < -0.4 is 10.5 Å². The first-order valence-electron chi connectivity index (χ1n) is 5.53. The van der Waals surface area contributed by atoms with Crippen LogP contribution >= 0.6 is 0 Å². The van der Waals surface area contributed by atoms with E-state index in [9.17, 15) is 4.79 Å². The summed E-state index contributed by atoms with van der Waals surface area (Å²) in [5.74, 6) is 1.03. The van der Waals surface area contributed by atoms with Gasteiger partial charge in [0.15, 0.2) is 0 Å². The molecule has 1 saturated heterocycles. The van der Waals surface area contributed by atoms with Gasteiger partial charge in [-0.05, 0) is 20.0 Å². The monoisotopic (exact) mass is 222 g/mol.